The molecule has 9 heteroatoms. The average molecular weight is 344 g/mol. The predicted molar refractivity (Wildman–Crippen MR) is 81.9 cm³/mol. The number of hydrogen-bond donors (Lipinski definition) is 1. The van der Waals surface area contributed by atoms with Gasteiger partial charge in [0.05, 0.1) is 27.5 Å². The van der Waals surface area contributed by atoms with Crippen LogP contribution in [0, 0.1) is 0 Å². The Morgan fingerprint density at radius 3 is 3.00 bits per heavy atom. The molecule has 1 fully saturated rings. The Morgan fingerprint density at radius 2 is 2.24 bits per heavy atom. The van der Waals surface area contributed by atoms with Crippen molar-refractivity contribution in [2.45, 2.75) is 24.0 Å². The minimum atomic E-state index is -0.186. The number of hydrogen-bond acceptors (Lipinski definition) is 5. The van der Waals surface area contributed by atoms with E-state index in [1.807, 2.05) is 0 Å². The van der Waals surface area contributed by atoms with Crippen LogP contribution in [0.3, 0.4) is 0 Å². The molecule has 0 aliphatic heterocycles. The Labute approximate surface area is 135 Å². The maximum absolute atomic E-state index is 12.0. The molecule has 2 aromatic rings. The van der Waals surface area contributed by atoms with Crippen LogP contribution in [0.5, 0.6) is 0 Å². The number of nitrogens with zero attached hydrogens (tertiary/aromatic N) is 4. The quantitative estimate of drug-likeness (QED) is 0.844. The number of amides is 1. The molecule has 3 rings (SSSR count). The van der Waals surface area contributed by atoms with E-state index in [9.17, 15) is 4.79 Å². The number of carbonyl (C=O) groups is 1. The molecule has 1 amide bonds. The molecule has 1 aliphatic rings. The van der Waals surface area contributed by atoms with Gasteiger partial charge in [0, 0.05) is 0 Å². The van der Waals surface area contributed by atoms with Crippen molar-refractivity contribution in [1.82, 2.24) is 20.2 Å². The third-order valence-electron chi connectivity index (χ3n) is 2.91. The molecule has 1 heterocycles. The lowest BCUT2D eigenvalue weighted by Crippen LogP contribution is -2.15. The summed E-state index contributed by atoms with van der Waals surface area (Å²) in [6, 6.07) is 5.47. The monoisotopic (exact) mass is 343 g/mol. The van der Waals surface area contributed by atoms with Gasteiger partial charge in [0.25, 0.3) is 0 Å². The molecule has 21 heavy (non-hydrogen) atoms. The van der Waals surface area contributed by atoms with E-state index in [2.05, 4.69) is 20.8 Å². The molecule has 6 nitrogen and oxygen atoms in total. The molecule has 1 aliphatic carbocycles. The van der Waals surface area contributed by atoms with Gasteiger partial charge in [0.2, 0.25) is 11.1 Å². The molecule has 1 N–H and O–H groups in total. The molecular weight excluding hydrogens is 333 g/mol. The molecule has 1 aromatic carbocycles. The summed E-state index contributed by atoms with van der Waals surface area (Å²) in [7, 11) is 0. The summed E-state index contributed by atoms with van der Waals surface area (Å²) in [6.07, 6.45) is 2.17. The second-order valence-electron chi connectivity index (χ2n) is 4.58. The maximum Gasteiger partial charge on any atom is 0.234 e. The normalized spacial score (nSPS) is 14.2. The first kappa shape index (κ1) is 14.6. The van der Waals surface area contributed by atoms with Crippen LogP contribution in [-0.2, 0) is 4.79 Å². The molecule has 1 aromatic heterocycles. The maximum atomic E-state index is 12.0. The molecule has 0 radical (unpaired) electrons. The van der Waals surface area contributed by atoms with E-state index < -0.39 is 0 Å². The van der Waals surface area contributed by atoms with Crippen LogP contribution in [0.2, 0.25) is 10.0 Å². The zero-order valence-corrected chi connectivity index (χ0v) is 13.1. The number of rotatable bonds is 5. The second-order valence-corrected chi connectivity index (χ2v) is 6.30. The molecule has 110 valence electrons. The second kappa shape index (κ2) is 6.21. The van der Waals surface area contributed by atoms with Gasteiger partial charge < -0.3 is 5.32 Å². The molecule has 0 bridgehead atoms. The largest absolute Gasteiger partial charge is 0.324 e. The van der Waals surface area contributed by atoms with Gasteiger partial charge in [-0.25, -0.2) is 4.68 Å². The van der Waals surface area contributed by atoms with E-state index in [0.29, 0.717) is 26.9 Å². The molecule has 0 atom stereocenters. The molecular formula is C12H11Cl2N5OS. The third-order valence-corrected chi connectivity index (χ3v) is 4.67. The summed E-state index contributed by atoms with van der Waals surface area (Å²) in [5.41, 5.74) is 0.497. The van der Waals surface area contributed by atoms with Gasteiger partial charge in [-0.1, -0.05) is 41.0 Å². The average Bonchev–Trinajstić information content (AvgIpc) is 3.20. The number of halogens is 2. The number of aromatic nitrogens is 4. The van der Waals surface area contributed by atoms with E-state index in [1.54, 1.807) is 22.9 Å². The summed E-state index contributed by atoms with van der Waals surface area (Å²) in [6.45, 7) is 0. The lowest BCUT2D eigenvalue weighted by atomic mass is 10.3. The van der Waals surface area contributed by atoms with Crippen molar-refractivity contribution in [3.63, 3.8) is 0 Å². The van der Waals surface area contributed by atoms with Crippen LogP contribution >= 0.6 is 35.0 Å². The first-order chi connectivity index (χ1) is 10.1. The number of anilines is 1. The van der Waals surface area contributed by atoms with Gasteiger partial charge >= 0.3 is 0 Å². The van der Waals surface area contributed by atoms with Crippen molar-refractivity contribution in [3.8, 4) is 0 Å². The van der Waals surface area contributed by atoms with Crippen LogP contribution in [0.25, 0.3) is 0 Å². The molecule has 0 unspecified atom stereocenters. The van der Waals surface area contributed by atoms with Gasteiger partial charge in [-0.15, -0.1) is 5.10 Å². The third kappa shape index (κ3) is 3.48. The smallest absolute Gasteiger partial charge is 0.234 e. The van der Waals surface area contributed by atoms with E-state index in [0.717, 1.165) is 12.8 Å². The SMILES string of the molecule is O=C(CSc1nnnn1C1CC1)Nc1cccc(Cl)c1Cl. The highest BCUT2D eigenvalue weighted by molar-refractivity contribution is 7.99. The number of thioether (sulfide) groups is 1. The molecule has 0 spiro atoms. The van der Waals surface area contributed by atoms with E-state index in [1.165, 1.54) is 11.8 Å². The lowest BCUT2D eigenvalue weighted by Gasteiger charge is -2.07. The van der Waals surface area contributed by atoms with Crippen molar-refractivity contribution in [2.24, 2.45) is 0 Å². The Kier molecular flexibility index (Phi) is 4.32. The molecule has 0 saturated heterocycles. The van der Waals surface area contributed by atoms with Gasteiger partial charge in [0.15, 0.2) is 0 Å². The highest BCUT2D eigenvalue weighted by atomic mass is 35.5. The fourth-order valence-corrected chi connectivity index (χ4v) is 2.84. The van der Waals surface area contributed by atoms with Crippen molar-refractivity contribution in [2.75, 3.05) is 11.1 Å². The minimum absolute atomic E-state index is 0.186. The zero-order valence-electron chi connectivity index (χ0n) is 10.8. The van der Waals surface area contributed by atoms with Crippen LogP contribution in [0.4, 0.5) is 5.69 Å². The zero-order chi connectivity index (χ0) is 14.8. The van der Waals surface area contributed by atoms with Crippen molar-refractivity contribution in [3.05, 3.63) is 28.2 Å². The van der Waals surface area contributed by atoms with Gasteiger partial charge in [0.1, 0.15) is 0 Å². The van der Waals surface area contributed by atoms with Crippen LogP contribution in [-0.4, -0.2) is 31.9 Å². The summed E-state index contributed by atoms with van der Waals surface area (Å²) >= 11 is 13.2. The van der Waals surface area contributed by atoms with Gasteiger partial charge in [-0.05, 0) is 35.4 Å². The summed E-state index contributed by atoms with van der Waals surface area (Å²) in [5.74, 6) is 0.0187. The van der Waals surface area contributed by atoms with Crippen LogP contribution in [0.1, 0.15) is 18.9 Å². The summed E-state index contributed by atoms with van der Waals surface area (Å²) in [5, 5.41) is 15.6. The number of tetrazole rings is 1. The highest BCUT2D eigenvalue weighted by Gasteiger charge is 2.28. The molecule has 1 saturated carbocycles. The fourth-order valence-electron chi connectivity index (χ4n) is 1.75. The first-order valence-corrected chi connectivity index (χ1v) is 8.04. The lowest BCUT2D eigenvalue weighted by molar-refractivity contribution is -0.113. The van der Waals surface area contributed by atoms with Crippen molar-refractivity contribution in [1.29, 1.82) is 0 Å². The van der Waals surface area contributed by atoms with Crippen molar-refractivity contribution >= 4 is 46.6 Å². The Bertz CT molecular complexity index is 673. The van der Waals surface area contributed by atoms with E-state index >= 15 is 0 Å². The van der Waals surface area contributed by atoms with Crippen molar-refractivity contribution < 1.29 is 4.79 Å². The van der Waals surface area contributed by atoms with Crippen LogP contribution < -0.4 is 5.32 Å². The summed E-state index contributed by atoms with van der Waals surface area (Å²) < 4.78 is 1.77. The summed E-state index contributed by atoms with van der Waals surface area (Å²) in [4.78, 5) is 12.0. The van der Waals surface area contributed by atoms with E-state index in [4.69, 9.17) is 23.2 Å². The Morgan fingerprint density at radius 1 is 1.43 bits per heavy atom. The van der Waals surface area contributed by atoms with Gasteiger partial charge in [-0.3, -0.25) is 4.79 Å². The predicted octanol–water partition coefficient (Wildman–Crippen LogP) is 3.05. The van der Waals surface area contributed by atoms with E-state index in [-0.39, 0.29) is 11.7 Å². The standard InChI is InChI=1S/C12H11Cl2N5OS/c13-8-2-1-3-9(11(8)14)15-10(20)6-21-12-16-17-18-19(12)7-4-5-7/h1-3,7H,4-6H2,(H,15,20). The number of benzene rings is 1. The number of nitrogens with one attached hydrogen (secondary N) is 1. The first-order valence-electron chi connectivity index (χ1n) is 6.29. The minimum Gasteiger partial charge on any atom is -0.324 e. The Hall–Kier alpha value is -1.31. The topological polar surface area (TPSA) is 72.7 Å². The number of carbonyl (C=O) groups excluding carboxylic acids is 1. The Balaban J connectivity index is 1.59. The fraction of sp³-hybridized carbons (Fsp3) is 0.333. The highest BCUT2D eigenvalue weighted by Crippen LogP contribution is 2.36. The van der Waals surface area contributed by atoms with Crippen LogP contribution in [0.15, 0.2) is 23.4 Å². The van der Waals surface area contributed by atoms with Gasteiger partial charge in [-0.2, -0.15) is 0 Å².